The quantitative estimate of drug-likeness (QED) is 0.630. The van der Waals surface area contributed by atoms with Gasteiger partial charge in [0.2, 0.25) is 0 Å². The summed E-state index contributed by atoms with van der Waals surface area (Å²) in [7, 11) is 2.96. The van der Waals surface area contributed by atoms with E-state index in [-0.39, 0.29) is 28.9 Å². The fourth-order valence-corrected chi connectivity index (χ4v) is 3.97. The molecule has 1 N–H and O–H groups in total. The predicted octanol–water partition coefficient (Wildman–Crippen LogP) is 3.67. The van der Waals surface area contributed by atoms with Gasteiger partial charge in [0.05, 0.1) is 18.4 Å². The van der Waals surface area contributed by atoms with Crippen LogP contribution < -0.4 is 21.2 Å². The fraction of sp³-hybridized carbons (Fsp3) is 0.348. The highest BCUT2D eigenvalue weighted by molar-refractivity contribution is 5.61. The average Bonchev–Trinajstić information content (AvgIpc) is 3.29. The number of anilines is 2. The van der Waals surface area contributed by atoms with Crippen molar-refractivity contribution in [2.24, 2.45) is 7.05 Å². The Balaban J connectivity index is 1.86. The Kier molecular flexibility index (Phi) is 5.58. The summed E-state index contributed by atoms with van der Waals surface area (Å²) in [6.07, 6.45) is 3.31. The maximum absolute atomic E-state index is 14.3. The van der Waals surface area contributed by atoms with Gasteiger partial charge in [0.15, 0.2) is 5.82 Å². The lowest BCUT2D eigenvalue weighted by Gasteiger charge is -2.19. The van der Waals surface area contributed by atoms with Gasteiger partial charge in [-0.05, 0) is 43.5 Å². The molecule has 2 heterocycles. The van der Waals surface area contributed by atoms with Gasteiger partial charge in [0, 0.05) is 36.9 Å². The topological polar surface area (TPSA) is 78.2 Å². The van der Waals surface area contributed by atoms with Crippen molar-refractivity contribution in [3.63, 3.8) is 0 Å². The molecule has 0 saturated carbocycles. The van der Waals surface area contributed by atoms with Gasteiger partial charge < -0.3 is 14.6 Å². The number of ether oxygens (including phenoxy) is 1. The second-order valence-electron chi connectivity index (χ2n) is 7.78. The van der Waals surface area contributed by atoms with E-state index in [9.17, 15) is 18.4 Å². The normalized spacial score (nSPS) is 13.2. The lowest BCUT2D eigenvalue weighted by Crippen LogP contribution is -2.27. The molecule has 0 fully saturated rings. The van der Waals surface area contributed by atoms with Crippen molar-refractivity contribution in [1.82, 2.24) is 14.3 Å². The summed E-state index contributed by atoms with van der Waals surface area (Å²) >= 11 is 0. The summed E-state index contributed by atoms with van der Waals surface area (Å²) in [6, 6.07) is 7.46. The maximum Gasteiger partial charge on any atom is 0.276 e. The molecular formula is C23H24F2N4O3. The van der Waals surface area contributed by atoms with E-state index in [0.29, 0.717) is 35.6 Å². The van der Waals surface area contributed by atoms with Crippen LogP contribution in [0, 0.1) is 0 Å². The number of nitrogens with zero attached hydrogens (tertiary/aromatic N) is 3. The monoisotopic (exact) mass is 442 g/mol. The van der Waals surface area contributed by atoms with Crippen molar-refractivity contribution in [1.29, 1.82) is 0 Å². The number of nitrogens with one attached hydrogen (secondary N) is 1. The summed E-state index contributed by atoms with van der Waals surface area (Å²) in [5.74, 6) is -2.67. The van der Waals surface area contributed by atoms with Crippen LogP contribution >= 0.6 is 0 Å². The van der Waals surface area contributed by atoms with Crippen molar-refractivity contribution in [3.8, 4) is 11.4 Å². The van der Waals surface area contributed by atoms with Crippen LogP contribution in [0.2, 0.25) is 0 Å². The van der Waals surface area contributed by atoms with Crippen molar-refractivity contribution in [3.05, 3.63) is 73.9 Å². The molecule has 7 nitrogen and oxygen atoms in total. The Labute approximate surface area is 183 Å². The zero-order chi connectivity index (χ0) is 23.0. The van der Waals surface area contributed by atoms with Gasteiger partial charge in [0.25, 0.3) is 17.0 Å². The van der Waals surface area contributed by atoms with Crippen molar-refractivity contribution >= 4 is 11.5 Å². The van der Waals surface area contributed by atoms with Gasteiger partial charge in [-0.2, -0.15) is 4.68 Å². The Morgan fingerprint density at radius 1 is 1.16 bits per heavy atom. The lowest BCUT2D eigenvalue weighted by atomic mass is 10.0. The number of hydrogen-bond acceptors (Lipinski definition) is 5. The first-order valence-corrected chi connectivity index (χ1v) is 10.4. The lowest BCUT2D eigenvalue weighted by molar-refractivity contribution is -0.0104. The minimum atomic E-state index is -3.06. The summed E-state index contributed by atoms with van der Waals surface area (Å²) in [6.45, 7) is 1.39. The van der Waals surface area contributed by atoms with Crippen LogP contribution in [0.5, 0.6) is 5.75 Å². The van der Waals surface area contributed by atoms with E-state index in [0.717, 1.165) is 12.0 Å². The second-order valence-corrected chi connectivity index (χ2v) is 7.78. The zero-order valence-electron chi connectivity index (χ0n) is 18.1. The molecule has 168 valence electrons. The Hall–Kier alpha value is -3.49. The number of aromatic nitrogens is 3. The summed E-state index contributed by atoms with van der Waals surface area (Å²) in [5, 5.41) is 7.54. The molecule has 0 aliphatic heterocycles. The number of methoxy groups -OCH3 is 1. The molecule has 4 rings (SSSR count). The number of rotatable bonds is 6. The number of benzene rings is 1. The molecule has 9 heteroatoms. The molecule has 0 saturated heterocycles. The first-order chi connectivity index (χ1) is 15.3. The van der Waals surface area contributed by atoms with Crippen LogP contribution in [0.3, 0.4) is 0 Å². The van der Waals surface area contributed by atoms with Crippen LogP contribution in [0.15, 0.2) is 46.1 Å². The van der Waals surface area contributed by atoms with E-state index in [1.807, 2.05) is 0 Å². The average molecular weight is 442 g/mol. The predicted molar refractivity (Wildman–Crippen MR) is 118 cm³/mol. The summed E-state index contributed by atoms with van der Waals surface area (Å²) < 4.78 is 36.4. The molecule has 0 radical (unpaired) electrons. The molecule has 1 aliphatic carbocycles. The highest BCUT2D eigenvalue weighted by atomic mass is 19.3. The van der Waals surface area contributed by atoms with E-state index in [4.69, 9.17) is 4.74 Å². The van der Waals surface area contributed by atoms with Gasteiger partial charge in [-0.25, -0.2) is 8.78 Å². The highest BCUT2D eigenvalue weighted by Crippen LogP contribution is 2.38. The minimum Gasteiger partial charge on any atom is -0.496 e. The molecule has 1 aliphatic rings. The fourth-order valence-electron chi connectivity index (χ4n) is 3.97. The van der Waals surface area contributed by atoms with Crippen LogP contribution in [-0.4, -0.2) is 21.5 Å². The van der Waals surface area contributed by atoms with Gasteiger partial charge >= 0.3 is 0 Å². The van der Waals surface area contributed by atoms with Crippen LogP contribution in [0.4, 0.5) is 20.3 Å². The third-order valence-corrected chi connectivity index (χ3v) is 5.80. The molecule has 0 unspecified atom stereocenters. The van der Waals surface area contributed by atoms with Gasteiger partial charge in [0.1, 0.15) is 11.4 Å². The number of fused-ring (bicyclic) bond motifs is 1. The Morgan fingerprint density at radius 3 is 2.62 bits per heavy atom. The number of aryl methyl sites for hydroxylation is 1. The second kappa shape index (κ2) is 8.22. The third-order valence-electron chi connectivity index (χ3n) is 5.80. The number of halogens is 2. The molecule has 0 spiro atoms. The van der Waals surface area contributed by atoms with E-state index >= 15 is 0 Å². The number of pyridine rings is 1. The molecule has 0 atom stereocenters. The van der Waals surface area contributed by atoms with Crippen molar-refractivity contribution in [2.75, 3.05) is 12.4 Å². The largest absolute Gasteiger partial charge is 0.496 e. The van der Waals surface area contributed by atoms with Crippen LogP contribution in [0.1, 0.15) is 36.5 Å². The van der Waals surface area contributed by atoms with E-state index in [2.05, 4.69) is 10.4 Å². The zero-order valence-corrected chi connectivity index (χ0v) is 18.1. The highest BCUT2D eigenvalue weighted by Gasteiger charge is 2.33. The first kappa shape index (κ1) is 21.7. The Bertz CT molecular complexity index is 1300. The molecule has 3 aromatic rings. The molecule has 0 bridgehead atoms. The van der Waals surface area contributed by atoms with Crippen molar-refractivity contribution in [2.45, 2.75) is 38.5 Å². The van der Waals surface area contributed by atoms with Gasteiger partial charge in [-0.15, -0.1) is 5.10 Å². The van der Waals surface area contributed by atoms with E-state index in [1.54, 1.807) is 25.4 Å². The first-order valence-electron chi connectivity index (χ1n) is 10.4. The summed E-state index contributed by atoms with van der Waals surface area (Å²) in [5.41, 5.74) is 1.24. The molecule has 1 aromatic carbocycles. The SMILES string of the molecule is CCC(F)(F)c1ccc(-n2nc(Nc3cccn(C)c3=O)c3c(c2=O)CCC3)cc1OC. The van der Waals surface area contributed by atoms with Gasteiger partial charge in [-0.1, -0.05) is 6.92 Å². The van der Waals surface area contributed by atoms with E-state index < -0.39 is 5.92 Å². The Morgan fingerprint density at radius 2 is 1.91 bits per heavy atom. The maximum atomic E-state index is 14.3. The molecular weight excluding hydrogens is 418 g/mol. The molecule has 2 aromatic heterocycles. The summed E-state index contributed by atoms with van der Waals surface area (Å²) in [4.78, 5) is 25.6. The number of hydrogen-bond donors (Lipinski definition) is 1. The standard InChI is InChI=1S/C23H24F2N4O3/c1-4-23(24,25)17-11-10-14(13-19(17)32-3)29-21(30)16-8-5-7-15(16)20(27-29)26-18-9-6-12-28(2)22(18)31/h6,9-13H,4-5,7-8H2,1-3H3,(H,26,27). The molecule has 0 amide bonds. The molecule has 32 heavy (non-hydrogen) atoms. The van der Waals surface area contributed by atoms with E-state index in [1.165, 1.54) is 41.5 Å². The van der Waals surface area contributed by atoms with Crippen LogP contribution in [0.25, 0.3) is 5.69 Å². The smallest absolute Gasteiger partial charge is 0.276 e. The van der Waals surface area contributed by atoms with Gasteiger partial charge in [-0.3, -0.25) is 9.59 Å². The minimum absolute atomic E-state index is 0.0185. The third kappa shape index (κ3) is 3.68. The van der Waals surface area contributed by atoms with Crippen molar-refractivity contribution < 1.29 is 13.5 Å². The van der Waals surface area contributed by atoms with Crippen LogP contribution in [-0.2, 0) is 25.8 Å². The number of alkyl halides is 2.